The molecule has 0 bridgehead atoms. The quantitative estimate of drug-likeness (QED) is 0.0983. The van der Waals surface area contributed by atoms with E-state index in [1.54, 1.807) is 0 Å². The predicted molar refractivity (Wildman–Crippen MR) is 169 cm³/mol. The first kappa shape index (κ1) is 35.5. The van der Waals surface area contributed by atoms with Gasteiger partial charge in [0.2, 0.25) is 0 Å². The molecule has 0 unspecified atom stereocenters. The molecule has 1 N–H and O–H groups in total. The highest BCUT2D eigenvalue weighted by Crippen LogP contribution is 2.29. The maximum atomic E-state index is 12.3. The molecule has 1 rings (SSSR count). The van der Waals surface area contributed by atoms with Crippen LogP contribution < -0.4 is 0 Å². The molecule has 3 heteroatoms. The van der Waals surface area contributed by atoms with Crippen LogP contribution in [0.3, 0.4) is 0 Å². The SMILES string of the molecule is CCCCCCCCCCCCCCCCCCCOC(=O)CCc1cc(CC(C)C)c(O)c(CC(C)C)c1. The number of unbranched alkanes of at least 4 members (excludes halogenated alkanes) is 16. The molecule has 0 saturated heterocycles. The molecule has 226 valence electrons. The van der Waals surface area contributed by atoms with Gasteiger partial charge >= 0.3 is 5.97 Å². The van der Waals surface area contributed by atoms with Crippen LogP contribution in [-0.2, 0) is 28.8 Å². The Kier molecular flexibility index (Phi) is 21.1. The van der Waals surface area contributed by atoms with Crippen molar-refractivity contribution < 1.29 is 14.6 Å². The van der Waals surface area contributed by atoms with E-state index >= 15 is 0 Å². The number of ether oxygens (including phenoxy) is 1. The lowest BCUT2D eigenvalue weighted by Crippen LogP contribution is -2.08. The van der Waals surface area contributed by atoms with E-state index in [1.807, 2.05) is 0 Å². The minimum Gasteiger partial charge on any atom is -0.507 e. The van der Waals surface area contributed by atoms with Crippen LogP contribution in [0.1, 0.15) is 167 Å². The molecule has 0 radical (unpaired) electrons. The third-order valence-corrected chi connectivity index (χ3v) is 7.71. The molecule has 1 aromatic rings. The summed E-state index contributed by atoms with van der Waals surface area (Å²) in [6, 6.07) is 4.17. The number of hydrogen-bond acceptors (Lipinski definition) is 3. The Bertz CT molecular complexity index is 706. The van der Waals surface area contributed by atoms with Gasteiger partial charge in [0.25, 0.3) is 0 Å². The minimum absolute atomic E-state index is 0.101. The number of carbonyl (C=O) groups is 1. The second kappa shape index (κ2) is 23.2. The summed E-state index contributed by atoms with van der Waals surface area (Å²) in [5.41, 5.74) is 3.15. The summed E-state index contributed by atoms with van der Waals surface area (Å²) >= 11 is 0. The van der Waals surface area contributed by atoms with Gasteiger partial charge in [-0.3, -0.25) is 4.79 Å². The van der Waals surface area contributed by atoms with Crippen molar-refractivity contribution in [3.63, 3.8) is 0 Å². The van der Waals surface area contributed by atoms with Crippen molar-refractivity contribution in [3.8, 4) is 5.75 Å². The van der Waals surface area contributed by atoms with Crippen LogP contribution in [0.25, 0.3) is 0 Å². The third kappa shape index (κ3) is 19.2. The van der Waals surface area contributed by atoms with E-state index in [2.05, 4.69) is 46.8 Å². The van der Waals surface area contributed by atoms with Gasteiger partial charge in [-0.25, -0.2) is 0 Å². The van der Waals surface area contributed by atoms with Gasteiger partial charge in [0.1, 0.15) is 5.75 Å². The van der Waals surface area contributed by atoms with E-state index in [9.17, 15) is 9.90 Å². The number of benzene rings is 1. The van der Waals surface area contributed by atoms with Crippen LogP contribution in [0.4, 0.5) is 0 Å². The fourth-order valence-corrected chi connectivity index (χ4v) is 5.50. The average Bonchev–Trinajstić information content (AvgIpc) is 2.88. The summed E-state index contributed by atoms with van der Waals surface area (Å²) in [5.74, 6) is 1.30. The normalized spacial score (nSPS) is 11.6. The first-order valence-corrected chi connectivity index (χ1v) is 16.8. The van der Waals surface area contributed by atoms with Crippen molar-refractivity contribution in [2.75, 3.05) is 6.61 Å². The lowest BCUT2D eigenvalue weighted by atomic mass is 9.92. The number of rotatable bonds is 25. The number of aromatic hydroxyl groups is 1. The third-order valence-electron chi connectivity index (χ3n) is 7.71. The van der Waals surface area contributed by atoms with Crippen molar-refractivity contribution in [1.82, 2.24) is 0 Å². The molecule has 0 aliphatic heterocycles. The van der Waals surface area contributed by atoms with Gasteiger partial charge < -0.3 is 9.84 Å². The molecular weight excluding hydrogens is 480 g/mol. The summed E-state index contributed by atoms with van der Waals surface area (Å²) in [7, 11) is 0. The molecule has 0 aromatic heterocycles. The van der Waals surface area contributed by atoms with Gasteiger partial charge in [-0.05, 0) is 54.2 Å². The molecular formula is C36H64O3. The van der Waals surface area contributed by atoms with Crippen LogP contribution >= 0.6 is 0 Å². The molecule has 0 amide bonds. The van der Waals surface area contributed by atoms with Crippen LogP contribution in [0.5, 0.6) is 5.75 Å². The molecule has 39 heavy (non-hydrogen) atoms. The lowest BCUT2D eigenvalue weighted by Gasteiger charge is -2.16. The minimum atomic E-state index is -0.101. The van der Waals surface area contributed by atoms with Gasteiger partial charge in [-0.2, -0.15) is 0 Å². The highest BCUT2D eigenvalue weighted by molar-refractivity contribution is 5.69. The zero-order chi connectivity index (χ0) is 28.7. The van der Waals surface area contributed by atoms with E-state index in [4.69, 9.17) is 4.74 Å². The number of hydrogen-bond donors (Lipinski definition) is 1. The Morgan fingerprint density at radius 2 is 1.05 bits per heavy atom. The van der Waals surface area contributed by atoms with Gasteiger partial charge in [0.05, 0.1) is 6.61 Å². The summed E-state index contributed by atoms with van der Waals surface area (Å²) in [6.07, 6.45) is 25.8. The Labute approximate surface area is 242 Å². The standard InChI is InChI=1S/C36H64O3/c1-6-7-8-9-10-11-12-13-14-15-16-17-18-19-20-21-22-25-39-35(37)24-23-32-28-33(26-30(2)3)36(38)34(29-32)27-31(4)5/h28-31,38H,6-27H2,1-5H3. The van der Waals surface area contributed by atoms with E-state index in [-0.39, 0.29) is 5.97 Å². The fourth-order valence-electron chi connectivity index (χ4n) is 5.50. The van der Waals surface area contributed by atoms with Gasteiger partial charge in [-0.1, -0.05) is 149 Å². The molecule has 0 saturated carbocycles. The highest BCUT2D eigenvalue weighted by Gasteiger charge is 2.14. The summed E-state index contributed by atoms with van der Waals surface area (Å²) in [5, 5.41) is 10.7. The Morgan fingerprint density at radius 3 is 1.44 bits per heavy atom. The topological polar surface area (TPSA) is 46.5 Å². The Hall–Kier alpha value is -1.51. The van der Waals surface area contributed by atoms with Crippen molar-refractivity contribution in [2.24, 2.45) is 11.8 Å². The summed E-state index contributed by atoms with van der Waals surface area (Å²) in [6.45, 7) is 11.5. The maximum absolute atomic E-state index is 12.3. The average molecular weight is 545 g/mol. The Morgan fingerprint density at radius 1 is 0.667 bits per heavy atom. The predicted octanol–water partition coefficient (Wildman–Crippen LogP) is 10.9. The number of carbonyl (C=O) groups excluding carboxylic acids is 1. The fraction of sp³-hybridized carbons (Fsp3) is 0.806. The smallest absolute Gasteiger partial charge is 0.306 e. The van der Waals surface area contributed by atoms with Crippen molar-refractivity contribution in [2.45, 2.75) is 169 Å². The van der Waals surface area contributed by atoms with Crippen molar-refractivity contribution in [3.05, 3.63) is 28.8 Å². The van der Waals surface area contributed by atoms with Crippen LogP contribution in [0.15, 0.2) is 12.1 Å². The van der Waals surface area contributed by atoms with Gasteiger partial charge in [0, 0.05) is 6.42 Å². The molecule has 0 heterocycles. The van der Waals surface area contributed by atoms with E-state index < -0.39 is 0 Å². The van der Waals surface area contributed by atoms with Gasteiger partial charge in [0.15, 0.2) is 0 Å². The molecule has 0 spiro atoms. The summed E-state index contributed by atoms with van der Waals surface area (Å²) < 4.78 is 5.51. The monoisotopic (exact) mass is 544 g/mol. The van der Waals surface area contributed by atoms with E-state index in [0.717, 1.165) is 42.4 Å². The molecule has 3 nitrogen and oxygen atoms in total. The first-order valence-electron chi connectivity index (χ1n) is 16.8. The second-order valence-electron chi connectivity index (χ2n) is 12.8. The van der Waals surface area contributed by atoms with Crippen LogP contribution in [0.2, 0.25) is 0 Å². The number of phenolic OH excluding ortho intramolecular Hbond substituents is 1. The summed E-state index contributed by atoms with van der Waals surface area (Å²) in [4.78, 5) is 12.3. The van der Waals surface area contributed by atoms with Crippen LogP contribution in [-0.4, -0.2) is 17.7 Å². The molecule has 0 aliphatic rings. The lowest BCUT2D eigenvalue weighted by molar-refractivity contribution is -0.143. The number of aryl methyl sites for hydroxylation is 1. The first-order chi connectivity index (χ1) is 18.8. The number of phenols is 1. The highest BCUT2D eigenvalue weighted by atomic mass is 16.5. The zero-order valence-corrected chi connectivity index (χ0v) is 26.6. The van der Waals surface area contributed by atoms with Crippen molar-refractivity contribution in [1.29, 1.82) is 0 Å². The molecule has 0 atom stereocenters. The molecule has 1 aromatic carbocycles. The number of esters is 1. The van der Waals surface area contributed by atoms with E-state index in [0.29, 0.717) is 37.0 Å². The van der Waals surface area contributed by atoms with Crippen LogP contribution in [0, 0.1) is 11.8 Å². The van der Waals surface area contributed by atoms with E-state index in [1.165, 1.54) is 96.3 Å². The second-order valence-corrected chi connectivity index (χ2v) is 12.8. The van der Waals surface area contributed by atoms with Gasteiger partial charge in [-0.15, -0.1) is 0 Å². The molecule has 0 aliphatic carbocycles. The molecule has 0 fully saturated rings. The largest absolute Gasteiger partial charge is 0.507 e. The maximum Gasteiger partial charge on any atom is 0.306 e. The Balaban J connectivity index is 2.06. The van der Waals surface area contributed by atoms with Crippen molar-refractivity contribution >= 4 is 5.97 Å². The zero-order valence-electron chi connectivity index (χ0n) is 26.6.